The van der Waals surface area contributed by atoms with E-state index in [1.54, 1.807) is 7.11 Å². The molecule has 3 rings (SSSR count). The highest BCUT2D eigenvalue weighted by atomic mass is 32.2. The molecule has 0 N–H and O–H groups in total. The van der Waals surface area contributed by atoms with Crippen molar-refractivity contribution >= 4 is 10.0 Å². The van der Waals surface area contributed by atoms with Crippen LogP contribution in [-0.4, -0.2) is 51.7 Å². The van der Waals surface area contributed by atoms with Crippen LogP contribution in [0.15, 0.2) is 17.0 Å². The van der Waals surface area contributed by atoms with Gasteiger partial charge in [-0.1, -0.05) is 6.42 Å². The zero-order valence-electron chi connectivity index (χ0n) is 14.4. The summed E-state index contributed by atoms with van der Waals surface area (Å²) in [5.41, 5.74) is 0.0743. The molecule has 1 saturated heterocycles. The molecule has 3 atom stereocenters. The molecule has 2 fully saturated rings. The first-order chi connectivity index (χ1) is 11.9. The standard InChI is InChI=1S/C17H23F2NO4S/c1-11-8-14(19)17(9-13(11)18)25(21,22)20-6-7-24-10-15(20)12-4-3-5-16(12)23-2/h8-9,12,15-16H,3-7,10H2,1-2H3. The van der Waals surface area contributed by atoms with Gasteiger partial charge >= 0.3 is 0 Å². The first-order valence-corrected chi connectivity index (χ1v) is 9.88. The number of sulfonamides is 1. The summed E-state index contributed by atoms with van der Waals surface area (Å²) in [7, 11) is -2.56. The van der Waals surface area contributed by atoms with Crippen molar-refractivity contribution < 1.29 is 26.7 Å². The lowest BCUT2D eigenvalue weighted by Gasteiger charge is -2.39. The molecule has 2 aliphatic rings. The van der Waals surface area contributed by atoms with E-state index in [1.165, 1.54) is 11.2 Å². The molecule has 140 valence electrons. The topological polar surface area (TPSA) is 55.8 Å². The van der Waals surface area contributed by atoms with E-state index in [0.29, 0.717) is 0 Å². The molecule has 1 aromatic rings. The second-order valence-corrected chi connectivity index (χ2v) is 8.52. The molecule has 0 bridgehead atoms. The summed E-state index contributed by atoms with van der Waals surface area (Å²) in [5, 5.41) is 0. The van der Waals surface area contributed by atoms with E-state index < -0.39 is 32.6 Å². The van der Waals surface area contributed by atoms with E-state index >= 15 is 0 Å². The Balaban J connectivity index is 1.98. The maximum Gasteiger partial charge on any atom is 0.246 e. The minimum atomic E-state index is -4.17. The van der Waals surface area contributed by atoms with Crippen LogP contribution in [0.1, 0.15) is 24.8 Å². The van der Waals surface area contributed by atoms with Gasteiger partial charge in [0.15, 0.2) is 0 Å². The smallest absolute Gasteiger partial charge is 0.246 e. The van der Waals surface area contributed by atoms with Gasteiger partial charge in [0.2, 0.25) is 10.0 Å². The Morgan fingerprint density at radius 1 is 1.24 bits per heavy atom. The number of hydrogen-bond acceptors (Lipinski definition) is 4. The molecule has 25 heavy (non-hydrogen) atoms. The number of halogens is 2. The van der Waals surface area contributed by atoms with Crippen LogP contribution in [0.2, 0.25) is 0 Å². The van der Waals surface area contributed by atoms with Crippen molar-refractivity contribution in [2.45, 2.75) is 43.2 Å². The van der Waals surface area contributed by atoms with E-state index in [9.17, 15) is 17.2 Å². The van der Waals surface area contributed by atoms with Crippen molar-refractivity contribution in [3.05, 3.63) is 29.3 Å². The monoisotopic (exact) mass is 375 g/mol. The van der Waals surface area contributed by atoms with Crippen molar-refractivity contribution in [2.24, 2.45) is 5.92 Å². The lowest BCUT2D eigenvalue weighted by Crippen LogP contribution is -2.53. The first kappa shape index (κ1) is 18.7. The number of nitrogens with zero attached hydrogens (tertiary/aromatic N) is 1. The van der Waals surface area contributed by atoms with Gasteiger partial charge in [0.1, 0.15) is 16.5 Å². The molecule has 1 aliphatic carbocycles. The SMILES string of the molecule is COC1CCCC1C1COCCN1S(=O)(=O)c1cc(F)c(C)cc1F. The molecule has 1 heterocycles. The summed E-state index contributed by atoms with van der Waals surface area (Å²) in [6.07, 6.45) is 2.58. The predicted molar refractivity (Wildman–Crippen MR) is 87.7 cm³/mol. The summed E-state index contributed by atoms with van der Waals surface area (Å²) in [4.78, 5) is -0.616. The highest BCUT2D eigenvalue weighted by Gasteiger charge is 2.44. The van der Waals surface area contributed by atoms with Crippen LogP contribution in [0, 0.1) is 24.5 Å². The van der Waals surface area contributed by atoms with E-state index in [1.807, 2.05) is 0 Å². The van der Waals surface area contributed by atoms with Crippen molar-refractivity contribution in [3.63, 3.8) is 0 Å². The molecule has 0 spiro atoms. The second kappa shape index (κ2) is 7.26. The molecule has 0 aromatic heterocycles. The van der Waals surface area contributed by atoms with Gasteiger partial charge < -0.3 is 9.47 Å². The zero-order chi connectivity index (χ0) is 18.2. The third-order valence-corrected chi connectivity index (χ3v) is 7.15. The first-order valence-electron chi connectivity index (χ1n) is 8.44. The number of morpholine rings is 1. The maximum atomic E-state index is 14.3. The van der Waals surface area contributed by atoms with Crippen LogP contribution >= 0.6 is 0 Å². The van der Waals surface area contributed by atoms with Crippen molar-refractivity contribution in [3.8, 4) is 0 Å². The molecular weight excluding hydrogens is 352 g/mol. The summed E-state index contributed by atoms with van der Waals surface area (Å²) >= 11 is 0. The zero-order valence-corrected chi connectivity index (χ0v) is 15.2. The van der Waals surface area contributed by atoms with E-state index in [4.69, 9.17) is 9.47 Å². The number of methoxy groups -OCH3 is 1. The van der Waals surface area contributed by atoms with Gasteiger partial charge in [-0.05, 0) is 37.5 Å². The molecule has 0 radical (unpaired) electrons. The third-order valence-electron chi connectivity index (χ3n) is 5.21. The Hall–Kier alpha value is -1.09. The van der Waals surface area contributed by atoms with Crippen molar-refractivity contribution in [1.82, 2.24) is 4.31 Å². The Morgan fingerprint density at radius 3 is 2.72 bits per heavy atom. The minimum Gasteiger partial charge on any atom is -0.381 e. The lowest BCUT2D eigenvalue weighted by atomic mass is 9.96. The van der Waals surface area contributed by atoms with E-state index in [2.05, 4.69) is 0 Å². The minimum absolute atomic E-state index is 0.0153. The van der Waals surface area contributed by atoms with Crippen molar-refractivity contribution in [2.75, 3.05) is 26.9 Å². The van der Waals surface area contributed by atoms with Gasteiger partial charge in [-0.2, -0.15) is 4.31 Å². The average molecular weight is 375 g/mol. The van der Waals surface area contributed by atoms with Gasteiger partial charge in [-0.15, -0.1) is 0 Å². The van der Waals surface area contributed by atoms with Crippen LogP contribution in [0.5, 0.6) is 0 Å². The van der Waals surface area contributed by atoms with Crippen LogP contribution in [0.25, 0.3) is 0 Å². The third kappa shape index (κ3) is 3.45. The summed E-state index contributed by atoms with van der Waals surface area (Å²) in [6, 6.07) is 1.26. The molecule has 1 saturated carbocycles. The van der Waals surface area contributed by atoms with E-state index in [-0.39, 0.29) is 37.3 Å². The van der Waals surface area contributed by atoms with Crippen LogP contribution in [0.3, 0.4) is 0 Å². The van der Waals surface area contributed by atoms with Crippen molar-refractivity contribution in [1.29, 1.82) is 0 Å². The fourth-order valence-electron chi connectivity index (χ4n) is 3.88. The fraction of sp³-hybridized carbons (Fsp3) is 0.647. The van der Waals surface area contributed by atoms with E-state index in [0.717, 1.165) is 31.4 Å². The maximum absolute atomic E-state index is 14.3. The van der Waals surface area contributed by atoms with Gasteiger partial charge in [0.05, 0.1) is 25.4 Å². The predicted octanol–water partition coefficient (Wildman–Crippen LogP) is 2.48. The van der Waals surface area contributed by atoms with Gasteiger partial charge in [-0.25, -0.2) is 17.2 Å². The summed E-state index contributed by atoms with van der Waals surface area (Å²) in [5.74, 6) is -1.68. The van der Waals surface area contributed by atoms with Gasteiger partial charge in [0, 0.05) is 19.6 Å². The quantitative estimate of drug-likeness (QED) is 0.811. The number of rotatable bonds is 4. The molecule has 1 aliphatic heterocycles. The fourth-order valence-corrected chi connectivity index (χ4v) is 5.58. The summed E-state index contributed by atoms with van der Waals surface area (Å²) < 4.78 is 66.5. The van der Waals surface area contributed by atoms with Crippen LogP contribution < -0.4 is 0 Å². The van der Waals surface area contributed by atoms with Gasteiger partial charge in [0.25, 0.3) is 0 Å². The highest BCUT2D eigenvalue weighted by Crippen LogP contribution is 2.36. The molecular formula is C17H23F2NO4S. The molecule has 5 nitrogen and oxygen atoms in total. The molecule has 3 unspecified atom stereocenters. The number of aryl methyl sites for hydroxylation is 1. The van der Waals surface area contributed by atoms with Crippen LogP contribution in [-0.2, 0) is 19.5 Å². The molecule has 8 heteroatoms. The molecule has 0 amide bonds. The number of benzene rings is 1. The Kier molecular flexibility index (Phi) is 5.43. The largest absolute Gasteiger partial charge is 0.381 e. The average Bonchev–Trinajstić information content (AvgIpc) is 3.06. The highest BCUT2D eigenvalue weighted by molar-refractivity contribution is 7.89. The number of ether oxygens (including phenoxy) is 2. The lowest BCUT2D eigenvalue weighted by molar-refractivity contribution is -0.0260. The second-order valence-electron chi connectivity index (χ2n) is 6.66. The Morgan fingerprint density at radius 2 is 2.00 bits per heavy atom. The molecule has 1 aromatic carbocycles. The number of hydrogen-bond donors (Lipinski definition) is 0. The normalized spacial score (nSPS) is 28.4. The summed E-state index contributed by atoms with van der Waals surface area (Å²) in [6.45, 7) is 1.98. The Labute approximate surface area is 147 Å². The van der Waals surface area contributed by atoms with Gasteiger partial charge in [-0.3, -0.25) is 0 Å². The van der Waals surface area contributed by atoms with Crippen LogP contribution in [0.4, 0.5) is 8.78 Å². The Bertz CT molecular complexity index is 740.